The molecule has 192 valence electrons. The number of anilines is 1. The van der Waals surface area contributed by atoms with Crippen molar-refractivity contribution in [1.82, 2.24) is 10.2 Å². The molecule has 1 aromatic rings. The van der Waals surface area contributed by atoms with Gasteiger partial charge in [0.2, 0.25) is 17.7 Å². The third-order valence-electron chi connectivity index (χ3n) is 7.49. The molecule has 1 heterocycles. The van der Waals surface area contributed by atoms with Crippen molar-refractivity contribution >= 4 is 23.4 Å². The summed E-state index contributed by atoms with van der Waals surface area (Å²) in [6, 6.07) is 4.57. The molecule has 0 radical (unpaired) electrons. The van der Waals surface area contributed by atoms with Gasteiger partial charge in [-0.25, -0.2) is 0 Å². The molecule has 3 amide bonds. The number of fused-ring (bicyclic) bond motifs is 1. The van der Waals surface area contributed by atoms with Gasteiger partial charge >= 0.3 is 0 Å². The Labute approximate surface area is 209 Å². The molecule has 1 aromatic carbocycles. The second-order valence-corrected chi connectivity index (χ2v) is 10.5. The number of likely N-dealkylation sites (tertiary alicyclic amines) is 1. The van der Waals surface area contributed by atoms with Crippen LogP contribution in [0.2, 0.25) is 0 Å². The Morgan fingerprint density at radius 3 is 2.46 bits per heavy atom. The van der Waals surface area contributed by atoms with Crippen LogP contribution in [0.3, 0.4) is 0 Å². The van der Waals surface area contributed by atoms with E-state index < -0.39 is 29.8 Å². The van der Waals surface area contributed by atoms with Crippen molar-refractivity contribution in [1.29, 1.82) is 0 Å². The maximum Gasteiger partial charge on any atom is 0.247 e. The zero-order valence-corrected chi connectivity index (χ0v) is 21.9. The summed E-state index contributed by atoms with van der Waals surface area (Å²) in [5, 5.41) is 16.1. The molecule has 0 spiro atoms. The highest BCUT2D eigenvalue weighted by atomic mass is 16.3. The number of rotatable bonds is 9. The van der Waals surface area contributed by atoms with Gasteiger partial charge in [-0.2, -0.15) is 0 Å². The second-order valence-electron chi connectivity index (χ2n) is 10.5. The minimum absolute atomic E-state index is 0.0643. The van der Waals surface area contributed by atoms with Crippen LogP contribution in [-0.4, -0.2) is 53.5 Å². The molecule has 1 aliphatic heterocycles. The number of amides is 3. The first-order valence-electron chi connectivity index (χ1n) is 12.9. The van der Waals surface area contributed by atoms with Crippen LogP contribution < -0.4 is 10.6 Å². The van der Waals surface area contributed by atoms with E-state index in [2.05, 4.69) is 17.6 Å². The van der Waals surface area contributed by atoms with E-state index in [0.29, 0.717) is 12.1 Å². The molecule has 2 aliphatic rings. The molecule has 3 rings (SSSR count). The summed E-state index contributed by atoms with van der Waals surface area (Å²) in [6.45, 7) is 9.80. The summed E-state index contributed by atoms with van der Waals surface area (Å²) in [4.78, 5) is 42.5. The van der Waals surface area contributed by atoms with E-state index in [-0.39, 0.29) is 36.2 Å². The van der Waals surface area contributed by atoms with Crippen molar-refractivity contribution in [2.75, 3.05) is 19.0 Å². The van der Waals surface area contributed by atoms with Gasteiger partial charge in [0.15, 0.2) is 0 Å². The molecule has 7 nitrogen and oxygen atoms in total. The van der Waals surface area contributed by atoms with Crippen molar-refractivity contribution in [2.45, 2.75) is 66.0 Å². The molecule has 1 fully saturated rings. The first-order chi connectivity index (χ1) is 16.6. The van der Waals surface area contributed by atoms with Crippen molar-refractivity contribution in [3.63, 3.8) is 0 Å². The molecule has 0 aromatic heterocycles. The Morgan fingerprint density at radius 1 is 1.14 bits per heavy atom. The first kappa shape index (κ1) is 26.9. The predicted octanol–water partition coefficient (Wildman–Crippen LogP) is 3.44. The summed E-state index contributed by atoms with van der Waals surface area (Å²) in [6.07, 6.45) is 6.25. The fraction of sp³-hybridized carbons (Fsp3) is 0.607. The number of carbonyl (C=O) groups excluding carboxylic acids is 3. The molecular weight excluding hydrogens is 442 g/mol. The number of aliphatic hydroxyl groups is 1. The lowest BCUT2D eigenvalue weighted by molar-refractivity contribution is -0.143. The second kappa shape index (κ2) is 11.4. The topological polar surface area (TPSA) is 98.7 Å². The lowest BCUT2D eigenvalue weighted by atomic mass is 9.68. The molecule has 3 N–H and O–H groups in total. The fourth-order valence-electron chi connectivity index (χ4n) is 5.87. The molecule has 6 atom stereocenters. The van der Waals surface area contributed by atoms with E-state index in [4.69, 9.17) is 0 Å². The minimum Gasteiger partial charge on any atom is -0.394 e. The van der Waals surface area contributed by atoms with Crippen molar-refractivity contribution < 1.29 is 19.5 Å². The SMILES string of the molecule is CCC[C@@H]1C=C[C@H]2[C@H](C(=O)N([C@@H](CO)CC(C)C)[C@@H]2C(=O)Nc2cc(C)ccc2C)[C@@H]1C(=O)NC. The standard InChI is InChI=1S/C28H41N3O4/c1-7-8-19-11-12-21-24(23(19)26(33)29-6)28(35)31(20(15-32)13-16(2)3)25(21)27(34)30-22-14-17(4)9-10-18(22)5/h9-12,14,16,19-21,23-25,32H,7-8,13,15H2,1-6H3,(H,29,33)(H,30,34)/t19-,20-,21+,23-,24+,25+/m1/s1. The predicted molar refractivity (Wildman–Crippen MR) is 138 cm³/mol. The van der Waals surface area contributed by atoms with Crippen LogP contribution in [0.15, 0.2) is 30.4 Å². The highest BCUT2D eigenvalue weighted by Gasteiger charge is 2.58. The molecule has 35 heavy (non-hydrogen) atoms. The molecule has 1 aliphatic carbocycles. The molecule has 0 saturated carbocycles. The smallest absolute Gasteiger partial charge is 0.247 e. The van der Waals surface area contributed by atoms with E-state index in [0.717, 1.165) is 24.0 Å². The van der Waals surface area contributed by atoms with Crippen molar-refractivity contribution in [3.8, 4) is 0 Å². The number of nitrogens with zero attached hydrogens (tertiary/aromatic N) is 1. The third kappa shape index (κ3) is 5.45. The van der Waals surface area contributed by atoms with Crippen LogP contribution in [0, 0.1) is 43.4 Å². The van der Waals surface area contributed by atoms with Gasteiger partial charge in [0, 0.05) is 18.7 Å². The van der Waals surface area contributed by atoms with E-state index in [1.165, 1.54) is 0 Å². The Bertz CT molecular complexity index is 973. The summed E-state index contributed by atoms with van der Waals surface area (Å²) in [5.74, 6) is -2.12. The monoisotopic (exact) mass is 483 g/mol. The summed E-state index contributed by atoms with van der Waals surface area (Å²) in [7, 11) is 1.59. The van der Waals surface area contributed by atoms with Crippen LogP contribution in [0.4, 0.5) is 5.69 Å². The van der Waals surface area contributed by atoms with E-state index in [1.807, 2.05) is 58.0 Å². The van der Waals surface area contributed by atoms with Crippen LogP contribution in [0.1, 0.15) is 51.2 Å². The number of aryl methyl sites for hydroxylation is 2. The highest BCUT2D eigenvalue weighted by Crippen LogP contribution is 2.46. The van der Waals surface area contributed by atoms with Gasteiger partial charge in [-0.1, -0.05) is 51.5 Å². The molecule has 7 heteroatoms. The number of carbonyl (C=O) groups is 3. The van der Waals surface area contributed by atoms with Gasteiger partial charge in [0.25, 0.3) is 0 Å². The number of aliphatic hydroxyl groups excluding tert-OH is 1. The van der Waals surface area contributed by atoms with Crippen LogP contribution in [0.25, 0.3) is 0 Å². The first-order valence-corrected chi connectivity index (χ1v) is 12.9. The van der Waals surface area contributed by atoms with Gasteiger partial charge in [-0.05, 0) is 55.7 Å². The number of benzene rings is 1. The van der Waals surface area contributed by atoms with Gasteiger partial charge in [0.1, 0.15) is 6.04 Å². The molecule has 0 bridgehead atoms. The maximum absolute atomic E-state index is 14.0. The summed E-state index contributed by atoms with van der Waals surface area (Å²) >= 11 is 0. The Hall–Kier alpha value is -2.67. The van der Waals surface area contributed by atoms with Crippen LogP contribution in [0.5, 0.6) is 0 Å². The Kier molecular flexibility index (Phi) is 8.75. The zero-order chi connectivity index (χ0) is 25.9. The summed E-state index contributed by atoms with van der Waals surface area (Å²) in [5.41, 5.74) is 2.67. The van der Waals surface area contributed by atoms with Gasteiger partial charge in [0.05, 0.1) is 24.5 Å². The van der Waals surface area contributed by atoms with E-state index in [9.17, 15) is 19.5 Å². The summed E-state index contributed by atoms with van der Waals surface area (Å²) < 4.78 is 0. The van der Waals surface area contributed by atoms with Crippen LogP contribution in [-0.2, 0) is 14.4 Å². The van der Waals surface area contributed by atoms with Crippen molar-refractivity contribution in [3.05, 3.63) is 41.5 Å². The lowest BCUT2D eigenvalue weighted by Gasteiger charge is -2.34. The Morgan fingerprint density at radius 2 is 1.86 bits per heavy atom. The quantitative estimate of drug-likeness (QED) is 0.469. The number of allylic oxidation sites excluding steroid dienone is 1. The highest BCUT2D eigenvalue weighted by molar-refractivity contribution is 6.02. The molecular formula is C28H41N3O4. The number of hydrogen-bond donors (Lipinski definition) is 3. The zero-order valence-electron chi connectivity index (χ0n) is 21.9. The lowest BCUT2D eigenvalue weighted by Crippen LogP contribution is -2.51. The van der Waals surface area contributed by atoms with E-state index in [1.54, 1.807) is 11.9 Å². The average Bonchev–Trinajstić information content (AvgIpc) is 3.11. The fourth-order valence-corrected chi connectivity index (χ4v) is 5.87. The van der Waals surface area contributed by atoms with Gasteiger partial charge < -0.3 is 20.6 Å². The van der Waals surface area contributed by atoms with Crippen molar-refractivity contribution in [2.24, 2.45) is 29.6 Å². The average molecular weight is 484 g/mol. The Balaban J connectivity index is 2.07. The largest absolute Gasteiger partial charge is 0.394 e. The van der Waals surface area contributed by atoms with Gasteiger partial charge in [-0.15, -0.1) is 0 Å². The van der Waals surface area contributed by atoms with E-state index >= 15 is 0 Å². The van der Waals surface area contributed by atoms with Crippen LogP contribution >= 0.6 is 0 Å². The van der Waals surface area contributed by atoms with Gasteiger partial charge in [-0.3, -0.25) is 14.4 Å². The molecule has 0 unspecified atom stereocenters. The number of hydrogen-bond acceptors (Lipinski definition) is 4. The number of nitrogens with one attached hydrogen (secondary N) is 2. The minimum atomic E-state index is -0.797. The third-order valence-corrected chi connectivity index (χ3v) is 7.49. The normalized spacial score (nSPS) is 26.6. The molecule has 1 saturated heterocycles. The maximum atomic E-state index is 14.0.